The zero-order valence-corrected chi connectivity index (χ0v) is 11.0. The first-order valence-corrected chi connectivity index (χ1v) is 7.27. The molecule has 0 aromatic heterocycles. The van der Waals surface area contributed by atoms with Crippen LogP contribution < -0.4 is 10.6 Å². The smallest absolute Gasteiger partial charge is 0.273 e. The molecule has 1 aromatic rings. The molecule has 0 amide bonds. The minimum absolute atomic E-state index is 0.0232. The molecular weight excluding hydrogens is 258 g/mol. The molecule has 0 aliphatic carbocycles. The second kappa shape index (κ2) is 5.67. The Kier molecular flexibility index (Phi) is 4.49. The van der Waals surface area contributed by atoms with Crippen LogP contribution in [0.2, 0.25) is 0 Å². The van der Waals surface area contributed by atoms with E-state index in [0.717, 1.165) is 6.26 Å². The average Bonchev–Trinajstić information content (AvgIpc) is 2.26. The molecule has 0 radical (unpaired) electrons. The number of hydrogen-bond acceptors (Lipinski definition) is 6. The second-order valence-corrected chi connectivity index (χ2v) is 6.09. The maximum Gasteiger partial charge on any atom is 0.273 e. The van der Waals surface area contributed by atoms with Crippen LogP contribution in [-0.4, -0.2) is 38.9 Å². The van der Waals surface area contributed by atoms with E-state index in [1.807, 2.05) is 0 Å². The molecule has 2 N–H and O–H groups in total. The maximum absolute atomic E-state index is 11.0. The quantitative estimate of drug-likeness (QED) is 0.594. The third-order valence-electron chi connectivity index (χ3n) is 2.22. The Morgan fingerprint density at radius 2 is 1.89 bits per heavy atom. The van der Waals surface area contributed by atoms with Crippen molar-refractivity contribution in [3.8, 4) is 0 Å². The van der Waals surface area contributed by atoms with Crippen molar-refractivity contribution in [3.05, 3.63) is 28.3 Å². The van der Waals surface area contributed by atoms with Crippen LogP contribution in [0, 0.1) is 10.1 Å². The van der Waals surface area contributed by atoms with Gasteiger partial charge in [-0.15, -0.1) is 0 Å². The molecule has 0 bridgehead atoms. The van der Waals surface area contributed by atoms with E-state index in [9.17, 15) is 18.5 Å². The van der Waals surface area contributed by atoms with Gasteiger partial charge in [-0.25, -0.2) is 8.42 Å². The minimum Gasteiger partial charge on any atom is -0.388 e. The number of nitrogens with one attached hydrogen (secondary N) is 2. The van der Waals surface area contributed by atoms with Crippen molar-refractivity contribution in [2.24, 2.45) is 0 Å². The first-order chi connectivity index (χ1) is 8.31. The summed E-state index contributed by atoms with van der Waals surface area (Å²) in [6, 6.07) is 4.44. The third kappa shape index (κ3) is 4.58. The molecule has 1 rings (SSSR count). The number of sulfone groups is 1. The summed E-state index contributed by atoms with van der Waals surface area (Å²) in [5.74, 6) is -0.0232. The molecule has 18 heavy (non-hydrogen) atoms. The lowest BCUT2D eigenvalue weighted by molar-refractivity contribution is -0.384. The van der Waals surface area contributed by atoms with Crippen molar-refractivity contribution in [2.75, 3.05) is 36.2 Å². The number of rotatable bonds is 6. The van der Waals surface area contributed by atoms with Crippen LogP contribution in [0.1, 0.15) is 0 Å². The SMILES string of the molecule is CNc1cc(NCCS(C)(=O)=O)cc([N+](=O)[O-])c1. The van der Waals surface area contributed by atoms with E-state index in [0.29, 0.717) is 11.4 Å². The summed E-state index contributed by atoms with van der Waals surface area (Å²) < 4.78 is 21.9. The first-order valence-electron chi connectivity index (χ1n) is 5.20. The van der Waals surface area contributed by atoms with E-state index in [-0.39, 0.29) is 18.0 Å². The molecule has 100 valence electrons. The Balaban J connectivity index is 2.82. The molecule has 0 atom stereocenters. The molecule has 0 saturated heterocycles. The molecular formula is C10H15N3O4S. The standard InChI is InChI=1S/C10H15N3O4S/c1-11-8-5-9(7-10(6-8)13(14)15)12-3-4-18(2,16)17/h5-7,11-12H,3-4H2,1-2H3. The van der Waals surface area contributed by atoms with Crippen LogP contribution in [0.4, 0.5) is 17.1 Å². The van der Waals surface area contributed by atoms with E-state index >= 15 is 0 Å². The van der Waals surface area contributed by atoms with Crippen LogP contribution >= 0.6 is 0 Å². The van der Waals surface area contributed by atoms with E-state index in [4.69, 9.17) is 0 Å². The summed E-state index contributed by atoms with van der Waals surface area (Å²) in [7, 11) is -1.40. The topological polar surface area (TPSA) is 101 Å². The van der Waals surface area contributed by atoms with Gasteiger partial charge in [-0.1, -0.05) is 0 Å². The fourth-order valence-corrected chi connectivity index (χ4v) is 1.82. The van der Waals surface area contributed by atoms with Crippen molar-refractivity contribution in [1.82, 2.24) is 0 Å². The average molecular weight is 273 g/mol. The molecule has 0 aliphatic heterocycles. The molecule has 1 aromatic carbocycles. The van der Waals surface area contributed by atoms with Gasteiger partial charge in [-0.3, -0.25) is 10.1 Å². The number of non-ortho nitro benzene ring substituents is 1. The highest BCUT2D eigenvalue weighted by molar-refractivity contribution is 7.90. The number of nitro groups is 1. The van der Waals surface area contributed by atoms with E-state index < -0.39 is 14.8 Å². The van der Waals surface area contributed by atoms with Gasteiger partial charge in [0.25, 0.3) is 5.69 Å². The third-order valence-corrected chi connectivity index (χ3v) is 3.16. The lowest BCUT2D eigenvalue weighted by Gasteiger charge is -2.08. The molecule has 0 saturated carbocycles. The maximum atomic E-state index is 11.0. The zero-order chi connectivity index (χ0) is 13.8. The van der Waals surface area contributed by atoms with Crippen molar-refractivity contribution < 1.29 is 13.3 Å². The molecule has 0 aliphatic rings. The van der Waals surface area contributed by atoms with Gasteiger partial charge in [-0.05, 0) is 6.07 Å². The zero-order valence-electron chi connectivity index (χ0n) is 10.1. The Bertz CT molecular complexity index is 542. The van der Waals surface area contributed by atoms with Crippen molar-refractivity contribution >= 4 is 26.9 Å². The first kappa shape index (κ1) is 14.2. The number of anilines is 2. The Morgan fingerprint density at radius 1 is 1.28 bits per heavy atom. The fraction of sp³-hybridized carbons (Fsp3) is 0.400. The highest BCUT2D eigenvalue weighted by Crippen LogP contribution is 2.23. The van der Waals surface area contributed by atoms with Gasteiger partial charge in [0.05, 0.1) is 10.7 Å². The molecule has 0 spiro atoms. The van der Waals surface area contributed by atoms with Crippen LogP contribution in [0.15, 0.2) is 18.2 Å². The second-order valence-electron chi connectivity index (χ2n) is 3.83. The number of nitro benzene ring substituents is 1. The lowest BCUT2D eigenvalue weighted by atomic mass is 10.2. The number of nitrogens with zero attached hydrogens (tertiary/aromatic N) is 1. The van der Waals surface area contributed by atoms with Gasteiger partial charge in [0.15, 0.2) is 0 Å². The molecule has 0 heterocycles. The van der Waals surface area contributed by atoms with E-state index in [1.165, 1.54) is 12.1 Å². The monoisotopic (exact) mass is 273 g/mol. The fourth-order valence-electron chi connectivity index (χ4n) is 1.34. The van der Waals surface area contributed by atoms with Crippen LogP contribution in [0.25, 0.3) is 0 Å². The summed E-state index contributed by atoms with van der Waals surface area (Å²) in [4.78, 5) is 10.2. The van der Waals surface area contributed by atoms with Gasteiger partial charge < -0.3 is 10.6 Å². The van der Waals surface area contributed by atoms with Gasteiger partial charge >= 0.3 is 0 Å². The minimum atomic E-state index is -3.05. The van der Waals surface area contributed by atoms with Crippen LogP contribution in [0.5, 0.6) is 0 Å². The summed E-state index contributed by atoms with van der Waals surface area (Å²) in [6.45, 7) is 0.211. The van der Waals surface area contributed by atoms with E-state index in [1.54, 1.807) is 13.1 Å². The Labute approximate surface area is 105 Å². The van der Waals surface area contributed by atoms with Gasteiger partial charge in [0.1, 0.15) is 9.84 Å². The summed E-state index contributed by atoms with van der Waals surface area (Å²) >= 11 is 0. The highest BCUT2D eigenvalue weighted by Gasteiger charge is 2.09. The Morgan fingerprint density at radius 3 is 2.39 bits per heavy atom. The highest BCUT2D eigenvalue weighted by atomic mass is 32.2. The number of hydrogen-bond donors (Lipinski definition) is 2. The van der Waals surface area contributed by atoms with Gasteiger partial charge in [-0.2, -0.15) is 0 Å². The van der Waals surface area contributed by atoms with Crippen LogP contribution in [0.3, 0.4) is 0 Å². The molecule has 0 fully saturated rings. The van der Waals surface area contributed by atoms with Gasteiger partial charge in [0, 0.05) is 43.4 Å². The summed E-state index contributed by atoms with van der Waals surface area (Å²) in [5.41, 5.74) is 1.05. The van der Waals surface area contributed by atoms with Gasteiger partial charge in [0.2, 0.25) is 0 Å². The molecule has 7 nitrogen and oxygen atoms in total. The predicted molar refractivity (Wildman–Crippen MR) is 70.8 cm³/mol. The van der Waals surface area contributed by atoms with Crippen molar-refractivity contribution in [3.63, 3.8) is 0 Å². The summed E-state index contributed by atoms with van der Waals surface area (Å²) in [6.07, 6.45) is 1.14. The number of benzene rings is 1. The van der Waals surface area contributed by atoms with Crippen molar-refractivity contribution in [2.45, 2.75) is 0 Å². The van der Waals surface area contributed by atoms with Crippen LogP contribution in [-0.2, 0) is 9.84 Å². The normalized spacial score (nSPS) is 11.0. The van der Waals surface area contributed by atoms with Crippen molar-refractivity contribution in [1.29, 1.82) is 0 Å². The largest absolute Gasteiger partial charge is 0.388 e. The van der Waals surface area contributed by atoms with E-state index in [2.05, 4.69) is 10.6 Å². The predicted octanol–water partition coefficient (Wildman–Crippen LogP) is 1.09. The molecule has 0 unspecified atom stereocenters. The summed E-state index contributed by atoms with van der Waals surface area (Å²) in [5, 5.41) is 16.4. The Hall–Kier alpha value is -1.83. The lowest BCUT2D eigenvalue weighted by Crippen LogP contribution is -2.14. The molecule has 8 heteroatoms.